The summed E-state index contributed by atoms with van der Waals surface area (Å²) in [6.07, 6.45) is 2.30. The number of hydrogen-bond acceptors (Lipinski definition) is 3. The van der Waals surface area contributed by atoms with Crippen LogP contribution in [-0.4, -0.2) is 26.4 Å². The molecule has 0 spiro atoms. The predicted octanol–water partition coefficient (Wildman–Crippen LogP) is 6.81. The van der Waals surface area contributed by atoms with Gasteiger partial charge < -0.3 is 0 Å². The largest absolute Gasteiger partial charge is 0.274 e. The lowest BCUT2D eigenvalue weighted by atomic mass is 9.96. The van der Waals surface area contributed by atoms with Crippen molar-refractivity contribution in [1.29, 1.82) is 0 Å². The van der Waals surface area contributed by atoms with E-state index in [2.05, 4.69) is 0 Å². The topological polar surface area (TPSA) is 50.5 Å². The first kappa shape index (κ1) is 23.5. The Kier molecular flexibility index (Phi) is 6.09. The van der Waals surface area contributed by atoms with Crippen LogP contribution in [0.25, 0.3) is 16.9 Å². The van der Waals surface area contributed by atoms with E-state index in [9.17, 15) is 13.6 Å². The maximum atomic E-state index is 13.8. The van der Waals surface area contributed by atoms with E-state index in [-0.39, 0.29) is 17.5 Å². The van der Waals surface area contributed by atoms with E-state index in [1.165, 1.54) is 29.3 Å². The Morgan fingerprint density at radius 2 is 1.32 bits per heavy atom. The van der Waals surface area contributed by atoms with Gasteiger partial charge in [-0.05, 0) is 66.2 Å². The van der Waals surface area contributed by atoms with Crippen LogP contribution in [0.1, 0.15) is 33.9 Å². The monoisotopic (exact) mass is 504 g/mol. The summed E-state index contributed by atoms with van der Waals surface area (Å²) in [7, 11) is 0. The fourth-order valence-electron chi connectivity index (χ4n) is 4.65. The van der Waals surface area contributed by atoms with Crippen molar-refractivity contribution in [1.82, 2.24) is 14.8 Å². The number of hydrogen-bond donors (Lipinski definition) is 0. The minimum Gasteiger partial charge on any atom is -0.267 e. The third-order valence-electron chi connectivity index (χ3n) is 6.56. The van der Waals surface area contributed by atoms with Crippen molar-refractivity contribution < 1.29 is 13.6 Å². The molecule has 4 aromatic carbocycles. The molecule has 0 N–H and O–H groups in total. The Hall–Kier alpha value is -4.91. The predicted molar refractivity (Wildman–Crippen MR) is 142 cm³/mol. The van der Waals surface area contributed by atoms with Gasteiger partial charge in [0.05, 0.1) is 23.1 Å². The van der Waals surface area contributed by atoms with Gasteiger partial charge in [0.15, 0.2) is 0 Å². The fourth-order valence-corrected chi connectivity index (χ4v) is 4.65. The zero-order valence-corrected chi connectivity index (χ0v) is 20.2. The van der Waals surface area contributed by atoms with Gasteiger partial charge in [-0.25, -0.2) is 18.5 Å². The minimum atomic E-state index is -0.486. The number of hydrazone groups is 1. The molecule has 5 nitrogen and oxygen atoms in total. The normalized spacial score (nSPS) is 14.9. The summed E-state index contributed by atoms with van der Waals surface area (Å²) in [5.74, 6) is -0.949. The van der Waals surface area contributed by atoms with Gasteiger partial charge in [-0.2, -0.15) is 10.2 Å². The van der Waals surface area contributed by atoms with Gasteiger partial charge in [-0.15, -0.1) is 0 Å². The number of rotatable bonds is 5. The van der Waals surface area contributed by atoms with Crippen molar-refractivity contribution in [3.63, 3.8) is 0 Å². The molecule has 1 aliphatic heterocycles. The number of aromatic nitrogens is 2. The van der Waals surface area contributed by atoms with Crippen LogP contribution in [0.15, 0.2) is 120 Å². The molecule has 1 aromatic heterocycles. The Labute approximate surface area is 218 Å². The second-order valence-corrected chi connectivity index (χ2v) is 9.01. The van der Waals surface area contributed by atoms with Crippen LogP contribution in [0.5, 0.6) is 0 Å². The molecular formula is C31H22F2N4O. The van der Waals surface area contributed by atoms with E-state index in [4.69, 9.17) is 10.2 Å². The number of benzene rings is 4. The van der Waals surface area contributed by atoms with Crippen LogP contribution in [0, 0.1) is 11.6 Å². The average molecular weight is 505 g/mol. The van der Waals surface area contributed by atoms with Crippen molar-refractivity contribution in [3.05, 3.63) is 144 Å². The number of carbonyl (C=O) groups is 1. The van der Waals surface area contributed by atoms with E-state index >= 15 is 0 Å². The minimum absolute atomic E-state index is 0.259. The quantitative estimate of drug-likeness (QED) is 0.264. The van der Waals surface area contributed by atoms with Crippen molar-refractivity contribution in [2.75, 3.05) is 0 Å². The van der Waals surface area contributed by atoms with Gasteiger partial charge in [-0.1, -0.05) is 48.5 Å². The van der Waals surface area contributed by atoms with Crippen LogP contribution >= 0.6 is 0 Å². The third-order valence-corrected chi connectivity index (χ3v) is 6.56. The summed E-state index contributed by atoms with van der Waals surface area (Å²) in [5.41, 5.74) is 4.86. The van der Waals surface area contributed by atoms with E-state index in [0.717, 1.165) is 22.4 Å². The highest BCUT2D eigenvalue weighted by molar-refractivity contribution is 6.05. The van der Waals surface area contributed by atoms with E-state index in [1.54, 1.807) is 53.2 Å². The summed E-state index contributed by atoms with van der Waals surface area (Å²) in [4.78, 5) is 13.7. The SMILES string of the molecule is O=C(c1ccccc1)N1N=C(c2ccc(F)cc2)CC1c1cn(-c2ccccc2)nc1-c1ccc(F)cc1. The molecule has 5 aromatic rings. The van der Waals surface area contributed by atoms with E-state index < -0.39 is 6.04 Å². The average Bonchev–Trinajstić information content (AvgIpc) is 3.60. The lowest BCUT2D eigenvalue weighted by Crippen LogP contribution is -2.27. The molecule has 1 amide bonds. The number of nitrogens with zero attached hydrogens (tertiary/aromatic N) is 4. The molecule has 0 saturated heterocycles. The van der Waals surface area contributed by atoms with Crippen LogP contribution in [-0.2, 0) is 0 Å². The van der Waals surface area contributed by atoms with E-state index in [1.807, 2.05) is 42.6 Å². The second kappa shape index (κ2) is 9.86. The molecule has 1 atom stereocenters. The van der Waals surface area contributed by atoms with Gasteiger partial charge in [0, 0.05) is 29.3 Å². The molecule has 186 valence electrons. The molecule has 6 rings (SSSR count). The molecule has 0 saturated carbocycles. The maximum Gasteiger partial charge on any atom is 0.274 e. The molecular weight excluding hydrogens is 482 g/mol. The standard InChI is InChI=1S/C31H22F2N4O/c32-24-15-11-21(12-16-24)28-19-29(37(34-28)31(38)23-7-3-1-4-8-23)27-20-36(26-9-5-2-6-10-26)35-30(27)22-13-17-25(33)18-14-22/h1-18,20,29H,19H2. The third kappa shape index (κ3) is 4.50. The number of halogens is 2. The second-order valence-electron chi connectivity index (χ2n) is 9.01. The Morgan fingerprint density at radius 1 is 0.737 bits per heavy atom. The highest BCUT2D eigenvalue weighted by atomic mass is 19.1. The summed E-state index contributed by atoms with van der Waals surface area (Å²) < 4.78 is 29.2. The summed E-state index contributed by atoms with van der Waals surface area (Å²) in [6, 6.07) is 30.3. The zero-order chi connectivity index (χ0) is 26.1. The molecule has 0 bridgehead atoms. The number of carbonyl (C=O) groups excluding carboxylic acids is 1. The van der Waals surface area contributed by atoms with Gasteiger partial charge in [-0.3, -0.25) is 4.79 Å². The summed E-state index contributed by atoms with van der Waals surface area (Å²) >= 11 is 0. The molecule has 2 heterocycles. The Bertz CT molecular complexity index is 1610. The molecule has 1 aliphatic rings. The molecule has 0 fully saturated rings. The zero-order valence-electron chi connectivity index (χ0n) is 20.2. The lowest BCUT2D eigenvalue weighted by Gasteiger charge is -2.22. The van der Waals surface area contributed by atoms with Crippen LogP contribution in [0.2, 0.25) is 0 Å². The molecule has 0 radical (unpaired) electrons. The smallest absolute Gasteiger partial charge is 0.267 e. The van der Waals surface area contributed by atoms with Gasteiger partial charge in [0.1, 0.15) is 11.6 Å². The van der Waals surface area contributed by atoms with Crippen LogP contribution in [0.4, 0.5) is 8.78 Å². The maximum absolute atomic E-state index is 13.8. The van der Waals surface area contributed by atoms with Crippen LogP contribution < -0.4 is 0 Å². The fraction of sp³-hybridized carbons (Fsp3) is 0.0645. The lowest BCUT2D eigenvalue weighted by molar-refractivity contribution is 0.0711. The molecule has 0 aliphatic carbocycles. The number of para-hydroxylation sites is 1. The highest BCUT2D eigenvalue weighted by Gasteiger charge is 2.36. The van der Waals surface area contributed by atoms with Crippen molar-refractivity contribution in [2.45, 2.75) is 12.5 Å². The first-order chi connectivity index (χ1) is 18.6. The first-order valence-electron chi connectivity index (χ1n) is 12.2. The number of amides is 1. The van der Waals surface area contributed by atoms with Gasteiger partial charge >= 0.3 is 0 Å². The first-order valence-corrected chi connectivity index (χ1v) is 12.2. The van der Waals surface area contributed by atoms with Crippen molar-refractivity contribution in [2.24, 2.45) is 5.10 Å². The van der Waals surface area contributed by atoms with Gasteiger partial charge in [0.25, 0.3) is 5.91 Å². The van der Waals surface area contributed by atoms with Crippen molar-refractivity contribution in [3.8, 4) is 16.9 Å². The highest BCUT2D eigenvalue weighted by Crippen LogP contribution is 2.39. The Balaban J connectivity index is 1.49. The van der Waals surface area contributed by atoms with Crippen LogP contribution in [0.3, 0.4) is 0 Å². The summed E-state index contributed by atoms with van der Waals surface area (Å²) in [5, 5.41) is 11.1. The van der Waals surface area contributed by atoms with Gasteiger partial charge in [0.2, 0.25) is 0 Å². The molecule has 1 unspecified atom stereocenters. The summed E-state index contributed by atoms with van der Waals surface area (Å²) in [6.45, 7) is 0. The van der Waals surface area contributed by atoms with E-state index in [0.29, 0.717) is 23.4 Å². The Morgan fingerprint density at radius 3 is 1.95 bits per heavy atom. The molecule has 7 heteroatoms. The van der Waals surface area contributed by atoms with Crippen molar-refractivity contribution >= 4 is 11.6 Å². The molecule has 38 heavy (non-hydrogen) atoms.